The largest absolute Gasteiger partial charge is 0.497 e. The number of methoxy groups -OCH3 is 3. The number of nitrogens with zero attached hydrogens (tertiary/aromatic N) is 2. The number of carbonyl (C=O) groups excluding carboxylic acids is 1. The van der Waals surface area contributed by atoms with Crippen LogP contribution in [0.15, 0.2) is 83.5 Å². The highest BCUT2D eigenvalue weighted by atomic mass is 16.5. The molecule has 1 aliphatic heterocycles. The summed E-state index contributed by atoms with van der Waals surface area (Å²) in [6.45, 7) is 0. The Morgan fingerprint density at radius 2 is 1.55 bits per heavy atom. The van der Waals surface area contributed by atoms with E-state index in [1.165, 1.54) is 0 Å². The van der Waals surface area contributed by atoms with Crippen LogP contribution in [-0.4, -0.2) is 33.1 Å². The molecule has 0 spiro atoms. The second kappa shape index (κ2) is 8.75. The fourth-order valence-electron chi connectivity index (χ4n) is 3.38. The molecule has 4 rings (SSSR count). The van der Waals surface area contributed by atoms with Gasteiger partial charge < -0.3 is 14.2 Å². The summed E-state index contributed by atoms with van der Waals surface area (Å²) < 4.78 is 16.0. The first-order valence-electron chi connectivity index (χ1n) is 9.71. The van der Waals surface area contributed by atoms with E-state index in [4.69, 9.17) is 19.2 Å². The van der Waals surface area contributed by atoms with Gasteiger partial charge in [-0.2, -0.15) is 0 Å². The molecule has 0 aliphatic carbocycles. The van der Waals surface area contributed by atoms with Gasteiger partial charge in [0, 0.05) is 11.1 Å². The van der Waals surface area contributed by atoms with Gasteiger partial charge in [0.25, 0.3) is 5.91 Å². The SMILES string of the molecule is COc1ccc(N2C(=O)/C(=C/c3ccccc3OC)N=C2c2cccc(OC)c2)cc1. The molecule has 0 saturated carbocycles. The predicted octanol–water partition coefficient (Wildman–Crippen LogP) is 4.55. The van der Waals surface area contributed by atoms with Crippen LogP contribution in [-0.2, 0) is 4.79 Å². The maximum atomic E-state index is 13.4. The van der Waals surface area contributed by atoms with Crippen molar-refractivity contribution >= 4 is 23.5 Å². The first-order valence-corrected chi connectivity index (χ1v) is 9.71. The smallest absolute Gasteiger partial charge is 0.282 e. The van der Waals surface area contributed by atoms with Crippen LogP contribution in [0.1, 0.15) is 11.1 Å². The summed E-state index contributed by atoms with van der Waals surface area (Å²) in [6.07, 6.45) is 1.74. The molecule has 3 aromatic rings. The molecule has 3 aromatic carbocycles. The van der Waals surface area contributed by atoms with Crippen molar-refractivity contribution in [3.63, 3.8) is 0 Å². The second-order valence-electron chi connectivity index (χ2n) is 6.78. The van der Waals surface area contributed by atoms with Gasteiger partial charge in [-0.25, -0.2) is 4.99 Å². The van der Waals surface area contributed by atoms with E-state index in [0.717, 1.165) is 11.1 Å². The molecule has 0 fully saturated rings. The molecule has 0 unspecified atom stereocenters. The topological polar surface area (TPSA) is 60.4 Å². The van der Waals surface area contributed by atoms with E-state index >= 15 is 0 Å². The number of benzene rings is 3. The van der Waals surface area contributed by atoms with Crippen LogP contribution in [0, 0.1) is 0 Å². The zero-order chi connectivity index (χ0) is 21.8. The van der Waals surface area contributed by atoms with E-state index in [-0.39, 0.29) is 5.91 Å². The Labute approximate surface area is 181 Å². The lowest BCUT2D eigenvalue weighted by atomic mass is 10.1. The fraction of sp³-hybridized carbons (Fsp3) is 0.120. The van der Waals surface area contributed by atoms with Gasteiger partial charge in [-0.05, 0) is 48.5 Å². The van der Waals surface area contributed by atoms with Crippen LogP contribution in [0.2, 0.25) is 0 Å². The second-order valence-corrected chi connectivity index (χ2v) is 6.78. The first-order chi connectivity index (χ1) is 15.1. The molecule has 0 saturated heterocycles. The van der Waals surface area contributed by atoms with Crippen LogP contribution in [0.4, 0.5) is 5.69 Å². The highest BCUT2D eigenvalue weighted by molar-refractivity contribution is 6.33. The summed E-state index contributed by atoms with van der Waals surface area (Å²) in [5.74, 6) is 2.36. The van der Waals surface area contributed by atoms with E-state index < -0.39 is 0 Å². The van der Waals surface area contributed by atoms with Crippen molar-refractivity contribution in [2.24, 2.45) is 4.99 Å². The minimum absolute atomic E-state index is 0.228. The zero-order valence-corrected chi connectivity index (χ0v) is 17.5. The van der Waals surface area contributed by atoms with Gasteiger partial charge in [0.15, 0.2) is 0 Å². The number of anilines is 1. The lowest BCUT2D eigenvalue weighted by Crippen LogP contribution is -2.32. The zero-order valence-electron chi connectivity index (χ0n) is 17.5. The van der Waals surface area contributed by atoms with Gasteiger partial charge in [0.1, 0.15) is 28.8 Å². The van der Waals surface area contributed by atoms with Crippen molar-refractivity contribution in [1.82, 2.24) is 0 Å². The highest BCUT2D eigenvalue weighted by Crippen LogP contribution is 2.31. The summed E-state index contributed by atoms with van der Waals surface area (Å²) in [4.78, 5) is 19.7. The van der Waals surface area contributed by atoms with E-state index in [9.17, 15) is 4.79 Å². The summed E-state index contributed by atoms with van der Waals surface area (Å²) in [5, 5.41) is 0. The average molecular weight is 414 g/mol. The summed E-state index contributed by atoms with van der Waals surface area (Å²) in [6, 6.07) is 22.3. The Kier molecular flexibility index (Phi) is 5.71. The van der Waals surface area contributed by atoms with Crippen molar-refractivity contribution < 1.29 is 19.0 Å². The van der Waals surface area contributed by atoms with Crippen LogP contribution in [0.3, 0.4) is 0 Å². The monoisotopic (exact) mass is 414 g/mol. The molecule has 0 radical (unpaired) electrons. The molecule has 1 aliphatic rings. The fourth-order valence-corrected chi connectivity index (χ4v) is 3.38. The van der Waals surface area contributed by atoms with Crippen LogP contribution >= 0.6 is 0 Å². The van der Waals surface area contributed by atoms with Crippen molar-refractivity contribution in [3.8, 4) is 17.2 Å². The van der Waals surface area contributed by atoms with Crippen molar-refractivity contribution in [2.45, 2.75) is 0 Å². The molecule has 156 valence electrons. The van der Waals surface area contributed by atoms with Gasteiger partial charge in [-0.3, -0.25) is 9.69 Å². The minimum atomic E-state index is -0.228. The Bertz CT molecular complexity index is 1170. The Hall–Kier alpha value is -4.06. The number of amidine groups is 1. The summed E-state index contributed by atoms with van der Waals surface area (Å²) >= 11 is 0. The molecule has 1 amide bonds. The third kappa shape index (κ3) is 4.00. The maximum absolute atomic E-state index is 13.4. The third-order valence-corrected chi connectivity index (χ3v) is 4.95. The molecule has 0 aromatic heterocycles. The van der Waals surface area contributed by atoms with Crippen molar-refractivity contribution in [1.29, 1.82) is 0 Å². The summed E-state index contributed by atoms with van der Waals surface area (Å²) in [7, 11) is 4.81. The van der Waals surface area contributed by atoms with E-state index in [0.29, 0.717) is 34.5 Å². The molecular formula is C25H22N2O4. The number of hydrogen-bond donors (Lipinski definition) is 0. The predicted molar refractivity (Wildman–Crippen MR) is 121 cm³/mol. The maximum Gasteiger partial charge on any atom is 0.282 e. The van der Waals surface area contributed by atoms with Gasteiger partial charge in [0.05, 0.1) is 27.0 Å². The van der Waals surface area contributed by atoms with Crippen molar-refractivity contribution in [3.05, 3.63) is 89.6 Å². The minimum Gasteiger partial charge on any atom is -0.497 e. The van der Waals surface area contributed by atoms with Crippen LogP contribution < -0.4 is 19.1 Å². The number of aliphatic imine (C=N–C) groups is 1. The van der Waals surface area contributed by atoms with Gasteiger partial charge in [-0.1, -0.05) is 30.3 Å². The molecule has 0 atom stereocenters. The Balaban J connectivity index is 1.83. The molecule has 6 nitrogen and oxygen atoms in total. The molecular weight excluding hydrogens is 392 g/mol. The molecule has 0 N–H and O–H groups in total. The number of rotatable bonds is 6. The summed E-state index contributed by atoms with van der Waals surface area (Å²) in [5.41, 5.74) is 2.56. The number of carbonyl (C=O) groups is 1. The highest BCUT2D eigenvalue weighted by Gasteiger charge is 2.32. The van der Waals surface area contributed by atoms with Gasteiger partial charge >= 0.3 is 0 Å². The first kappa shape index (κ1) is 20.2. The van der Waals surface area contributed by atoms with Crippen LogP contribution in [0.5, 0.6) is 17.2 Å². The molecule has 0 bridgehead atoms. The van der Waals surface area contributed by atoms with E-state index in [2.05, 4.69) is 0 Å². The lowest BCUT2D eigenvalue weighted by Gasteiger charge is -2.19. The quantitative estimate of drug-likeness (QED) is 0.556. The van der Waals surface area contributed by atoms with Gasteiger partial charge in [0.2, 0.25) is 0 Å². The van der Waals surface area contributed by atoms with E-state index in [1.54, 1.807) is 32.3 Å². The average Bonchev–Trinajstić information content (AvgIpc) is 3.15. The molecule has 1 heterocycles. The number of ether oxygens (including phenoxy) is 3. The Morgan fingerprint density at radius 3 is 2.26 bits per heavy atom. The van der Waals surface area contributed by atoms with E-state index in [1.807, 2.05) is 72.8 Å². The van der Waals surface area contributed by atoms with Crippen molar-refractivity contribution in [2.75, 3.05) is 26.2 Å². The Morgan fingerprint density at radius 1 is 0.806 bits per heavy atom. The third-order valence-electron chi connectivity index (χ3n) is 4.95. The lowest BCUT2D eigenvalue weighted by molar-refractivity contribution is -0.113. The van der Waals surface area contributed by atoms with Gasteiger partial charge in [-0.15, -0.1) is 0 Å². The molecule has 31 heavy (non-hydrogen) atoms. The molecule has 6 heteroatoms. The number of amides is 1. The number of hydrogen-bond acceptors (Lipinski definition) is 5. The normalized spacial score (nSPS) is 14.5. The number of para-hydroxylation sites is 1. The standard InChI is InChI=1S/C25H22N2O4/c1-29-20-13-11-19(12-14-20)27-24(18-8-6-9-21(15-18)30-2)26-22(25(27)28)16-17-7-4-5-10-23(17)31-3/h4-16H,1-3H3/b22-16-. The van der Waals surface area contributed by atoms with Crippen LogP contribution in [0.25, 0.3) is 6.08 Å².